The number of benzene rings is 1. The Kier molecular flexibility index (Phi) is 4.01. The van der Waals surface area contributed by atoms with Crippen LogP contribution in [0.25, 0.3) is 0 Å². The third kappa shape index (κ3) is 2.51. The minimum atomic E-state index is -0.566. The van der Waals surface area contributed by atoms with E-state index in [0.29, 0.717) is 23.0 Å². The molecular weight excluding hydrogens is 252 g/mol. The van der Waals surface area contributed by atoms with Crippen molar-refractivity contribution in [2.24, 2.45) is 5.73 Å². The summed E-state index contributed by atoms with van der Waals surface area (Å²) < 4.78 is 26.4. The Balaban J connectivity index is 3.07. The maximum atomic E-state index is 13.1. The summed E-state index contributed by atoms with van der Waals surface area (Å²) in [5.74, 6) is -1.06. The zero-order chi connectivity index (χ0) is 10.7. The molecule has 1 rings (SSSR count). The highest BCUT2D eigenvalue weighted by Gasteiger charge is 2.13. The van der Waals surface area contributed by atoms with E-state index in [1.54, 1.807) is 0 Å². The van der Waals surface area contributed by atoms with E-state index in [-0.39, 0.29) is 5.92 Å². The molecule has 1 aromatic carbocycles. The summed E-state index contributed by atoms with van der Waals surface area (Å²) >= 11 is 3.10. The van der Waals surface area contributed by atoms with Crippen molar-refractivity contribution in [2.45, 2.75) is 19.3 Å². The van der Waals surface area contributed by atoms with Gasteiger partial charge < -0.3 is 5.73 Å². The number of rotatable bonds is 3. The molecule has 1 nitrogen and oxygen atoms in total. The van der Waals surface area contributed by atoms with Crippen LogP contribution in [0.1, 0.15) is 24.8 Å². The Labute approximate surface area is 90.4 Å². The second-order valence-corrected chi connectivity index (χ2v) is 4.06. The molecule has 0 aromatic heterocycles. The molecule has 0 saturated heterocycles. The van der Waals surface area contributed by atoms with Crippen molar-refractivity contribution in [1.29, 1.82) is 0 Å². The van der Waals surface area contributed by atoms with E-state index in [9.17, 15) is 8.78 Å². The number of nitrogens with two attached hydrogens (primary N) is 1. The first-order chi connectivity index (χ1) is 6.56. The average Bonchev–Trinajstić information content (AvgIpc) is 2.11. The molecule has 78 valence electrons. The van der Waals surface area contributed by atoms with Gasteiger partial charge in [0, 0.05) is 6.07 Å². The van der Waals surface area contributed by atoms with E-state index in [1.165, 1.54) is 6.07 Å². The van der Waals surface area contributed by atoms with Gasteiger partial charge in [-0.05, 0) is 46.4 Å². The van der Waals surface area contributed by atoms with Crippen LogP contribution in [0.15, 0.2) is 16.6 Å². The largest absolute Gasteiger partial charge is 0.330 e. The van der Waals surface area contributed by atoms with Gasteiger partial charge in [-0.15, -0.1) is 0 Å². The fraction of sp³-hybridized carbons (Fsp3) is 0.400. The molecule has 0 aliphatic heterocycles. The van der Waals surface area contributed by atoms with Crippen LogP contribution in [0.3, 0.4) is 0 Å². The summed E-state index contributed by atoms with van der Waals surface area (Å²) in [6, 6.07) is 2.20. The first kappa shape index (κ1) is 11.6. The second-order valence-electron chi connectivity index (χ2n) is 3.27. The lowest BCUT2D eigenvalue weighted by Gasteiger charge is -2.13. The number of hydrogen-bond acceptors (Lipinski definition) is 1. The maximum Gasteiger partial charge on any atom is 0.140 e. The van der Waals surface area contributed by atoms with Gasteiger partial charge in [0.05, 0.1) is 4.47 Å². The molecule has 1 aromatic rings. The molecule has 2 N–H and O–H groups in total. The maximum absolute atomic E-state index is 13.1. The molecule has 0 fully saturated rings. The Morgan fingerprint density at radius 1 is 1.43 bits per heavy atom. The van der Waals surface area contributed by atoms with Crippen LogP contribution in [0.2, 0.25) is 0 Å². The third-order valence-electron chi connectivity index (χ3n) is 2.15. The van der Waals surface area contributed by atoms with Gasteiger partial charge in [0.15, 0.2) is 0 Å². The predicted octanol–water partition coefficient (Wildman–Crippen LogP) is 3.18. The normalized spacial score (nSPS) is 12.9. The van der Waals surface area contributed by atoms with Crippen molar-refractivity contribution >= 4 is 15.9 Å². The van der Waals surface area contributed by atoms with Crippen LogP contribution in [0, 0.1) is 11.6 Å². The third-order valence-corrected chi connectivity index (χ3v) is 2.99. The highest BCUT2D eigenvalue weighted by atomic mass is 79.9. The summed E-state index contributed by atoms with van der Waals surface area (Å²) in [5.41, 5.74) is 6.02. The molecule has 0 bridgehead atoms. The van der Waals surface area contributed by atoms with Crippen molar-refractivity contribution in [2.75, 3.05) is 6.54 Å². The standard InChI is InChI=1S/C10H12BrF2N/c1-6(2-3-14)8-4-7(12)5-9(13)10(8)11/h4-6H,2-3,14H2,1H3. The van der Waals surface area contributed by atoms with E-state index in [1.807, 2.05) is 6.92 Å². The highest BCUT2D eigenvalue weighted by molar-refractivity contribution is 9.10. The average molecular weight is 264 g/mol. The van der Waals surface area contributed by atoms with E-state index < -0.39 is 11.6 Å². The monoisotopic (exact) mass is 263 g/mol. The molecule has 0 aliphatic carbocycles. The van der Waals surface area contributed by atoms with Crippen molar-refractivity contribution in [1.82, 2.24) is 0 Å². The van der Waals surface area contributed by atoms with Crippen molar-refractivity contribution in [3.8, 4) is 0 Å². The van der Waals surface area contributed by atoms with Crippen LogP contribution in [0.4, 0.5) is 8.78 Å². The smallest absolute Gasteiger partial charge is 0.140 e. The Morgan fingerprint density at radius 3 is 2.64 bits per heavy atom. The van der Waals surface area contributed by atoms with E-state index in [2.05, 4.69) is 15.9 Å². The summed E-state index contributed by atoms with van der Waals surface area (Å²) in [5, 5.41) is 0. The van der Waals surface area contributed by atoms with Gasteiger partial charge in [-0.2, -0.15) is 0 Å². The molecule has 4 heteroatoms. The summed E-state index contributed by atoms with van der Waals surface area (Å²) in [6.45, 7) is 2.40. The molecule has 0 aliphatic rings. The van der Waals surface area contributed by atoms with E-state index in [0.717, 1.165) is 6.07 Å². The second kappa shape index (κ2) is 4.84. The molecule has 0 spiro atoms. The topological polar surface area (TPSA) is 26.0 Å². The van der Waals surface area contributed by atoms with Crippen LogP contribution < -0.4 is 5.73 Å². The minimum absolute atomic E-state index is 0.0552. The lowest BCUT2D eigenvalue weighted by atomic mass is 9.98. The van der Waals surface area contributed by atoms with Crippen LogP contribution in [0.5, 0.6) is 0 Å². The SMILES string of the molecule is CC(CCN)c1cc(F)cc(F)c1Br. The molecule has 1 atom stereocenters. The van der Waals surface area contributed by atoms with Crippen LogP contribution in [-0.4, -0.2) is 6.54 Å². The van der Waals surface area contributed by atoms with Gasteiger partial charge in [-0.3, -0.25) is 0 Å². The summed E-state index contributed by atoms with van der Waals surface area (Å²) in [6.07, 6.45) is 0.710. The highest BCUT2D eigenvalue weighted by Crippen LogP contribution is 2.29. The van der Waals surface area contributed by atoms with E-state index in [4.69, 9.17) is 5.73 Å². The summed E-state index contributed by atoms with van der Waals surface area (Å²) in [7, 11) is 0. The summed E-state index contributed by atoms with van der Waals surface area (Å²) in [4.78, 5) is 0. The van der Waals surface area contributed by atoms with Crippen molar-refractivity contribution in [3.05, 3.63) is 33.8 Å². The zero-order valence-electron chi connectivity index (χ0n) is 7.86. The van der Waals surface area contributed by atoms with Crippen LogP contribution >= 0.6 is 15.9 Å². The Morgan fingerprint density at radius 2 is 2.07 bits per heavy atom. The van der Waals surface area contributed by atoms with Crippen molar-refractivity contribution in [3.63, 3.8) is 0 Å². The molecule has 0 saturated carbocycles. The first-order valence-electron chi connectivity index (χ1n) is 4.40. The zero-order valence-corrected chi connectivity index (χ0v) is 9.44. The molecular formula is C10H12BrF2N. The lowest BCUT2D eigenvalue weighted by molar-refractivity contribution is 0.566. The fourth-order valence-corrected chi connectivity index (χ4v) is 1.96. The Hall–Kier alpha value is -0.480. The Bertz CT molecular complexity index is 328. The van der Waals surface area contributed by atoms with Crippen molar-refractivity contribution < 1.29 is 8.78 Å². The minimum Gasteiger partial charge on any atom is -0.330 e. The van der Waals surface area contributed by atoms with Gasteiger partial charge in [0.2, 0.25) is 0 Å². The van der Waals surface area contributed by atoms with Crippen LogP contribution in [-0.2, 0) is 0 Å². The number of hydrogen-bond donors (Lipinski definition) is 1. The first-order valence-corrected chi connectivity index (χ1v) is 5.20. The van der Waals surface area contributed by atoms with E-state index >= 15 is 0 Å². The quantitative estimate of drug-likeness (QED) is 0.833. The molecule has 0 radical (unpaired) electrons. The van der Waals surface area contributed by atoms with Gasteiger partial charge in [-0.1, -0.05) is 6.92 Å². The predicted molar refractivity (Wildman–Crippen MR) is 56.1 cm³/mol. The lowest BCUT2D eigenvalue weighted by Crippen LogP contribution is -2.06. The van der Waals surface area contributed by atoms with Gasteiger partial charge in [-0.25, -0.2) is 8.78 Å². The van der Waals surface area contributed by atoms with Gasteiger partial charge >= 0.3 is 0 Å². The van der Waals surface area contributed by atoms with Gasteiger partial charge in [0.1, 0.15) is 11.6 Å². The molecule has 0 heterocycles. The van der Waals surface area contributed by atoms with Gasteiger partial charge in [0.25, 0.3) is 0 Å². The molecule has 0 amide bonds. The fourth-order valence-electron chi connectivity index (χ4n) is 1.34. The molecule has 14 heavy (non-hydrogen) atoms. The number of halogens is 3. The molecule has 1 unspecified atom stereocenters.